The minimum absolute atomic E-state index is 0.0820. The molecule has 1 N–H and O–H groups in total. The molecule has 0 aliphatic carbocycles. The van der Waals surface area contributed by atoms with Crippen molar-refractivity contribution in [2.24, 2.45) is 0 Å². The molecule has 3 rings (SSSR count). The van der Waals surface area contributed by atoms with Crippen molar-refractivity contribution in [3.8, 4) is 0 Å². The van der Waals surface area contributed by atoms with Gasteiger partial charge >= 0.3 is 0 Å². The Morgan fingerprint density at radius 1 is 1.21 bits per heavy atom. The van der Waals surface area contributed by atoms with Gasteiger partial charge in [-0.05, 0) is 24.6 Å². The number of sulfonamides is 1. The summed E-state index contributed by atoms with van der Waals surface area (Å²) in [7, 11) is -3.63. The van der Waals surface area contributed by atoms with Gasteiger partial charge in [0.25, 0.3) is 0 Å². The smallest absolute Gasteiger partial charge is 0.247 e. The SMILES string of the molecule is CC1(C(=O)NCc2ccccc2)CN(S(C)(=O)=O)CC(=O)N1Cc1ccco1. The highest BCUT2D eigenvalue weighted by atomic mass is 32.2. The average molecular weight is 405 g/mol. The Morgan fingerprint density at radius 3 is 2.54 bits per heavy atom. The van der Waals surface area contributed by atoms with E-state index in [2.05, 4.69) is 5.32 Å². The molecule has 0 spiro atoms. The molecule has 2 aromatic rings. The molecule has 8 nitrogen and oxygen atoms in total. The van der Waals surface area contributed by atoms with Crippen molar-refractivity contribution in [1.82, 2.24) is 14.5 Å². The molecule has 0 bridgehead atoms. The summed E-state index contributed by atoms with van der Waals surface area (Å²) >= 11 is 0. The Morgan fingerprint density at radius 2 is 1.93 bits per heavy atom. The molecular formula is C19H23N3O5S. The van der Waals surface area contributed by atoms with Crippen LogP contribution in [-0.4, -0.2) is 54.3 Å². The Labute approximate surface area is 164 Å². The van der Waals surface area contributed by atoms with Gasteiger partial charge in [-0.3, -0.25) is 9.59 Å². The number of hydrogen-bond acceptors (Lipinski definition) is 5. The van der Waals surface area contributed by atoms with Gasteiger partial charge in [0.1, 0.15) is 11.3 Å². The molecule has 1 fully saturated rings. The van der Waals surface area contributed by atoms with Crippen molar-refractivity contribution >= 4 is 21.8 Å². The van der Waals surface area contributed by atoms with E-state index in [1.165, 1.54) is 11.2 Å². The van der Waals surface area contributed by atoms with Gasteiger partial charge in [-0.25, -0.2) is 8.42 Å². The first-order valence-electron chi connectivity index (χ1n) is 8.80. The van der Waals surface area contributed by atoms with E-state index in [0.717, 1.165) is 16.1 Å². The van der Waals surface area contributed by atoms with Gasteiger partial charge in [0.05, 0.1) is 25.6 Å². The maximum Gasteiger partial charge on any atom is 0.247 e. The molecule has 150 valence electrons. The van der Waals surface area contributed by atoms with Crippen LogP contribution in [0.5, 0.6) is 0 Å². The number of furan rings is 1. The van der Waals surface area contributed by atoms with Gasteiger partial charge in [-0.15, -0.1) is 0 Å². The second kappa shape index (κ2) is 7.76. The normalized spacial score (nSPS) is 20.9. The molecule has 1 atom stereocenters. The zero-order valence-corrected chi connectivity index (χ0v) is 16.6. The molecule has 1 aromatic heterocycles. The van der Waals surface area contributed by atoms with Gasteiger partial charge in [0.2, 0.25) is 21.8 Å². The molecular weight excluding hydrogens is 382 g/mol. The van der Waals surface area contributed by atoms with Crippen molar-refractivity contribution in [2.75, 3.05) is 19.3 Å². The Balaban J connectivity index is 1.86. The van der Waals surface area contributed by atoms with Gasteiger partial charge in [-0.2, -0.15) is 4.31 Å². The lowest BCUT2D eigenvalue weighted by Gasteiger charge is -2.46. The van der Waals surface area contributed by atoms with Crippen LogP contribution in [-0.2, 0) is 32.7 Å². The first kappa shape index (κ1) is 20.1. The summed E-state index contributed by atoms with van der Waals surface area (Å²) in [5.41, 5.74) is -0.473. The van der Waals surface area contributed by atoms with E-state index in [1.54, 1.807) is 19.1 Å². The first-order valence-corrected chi connectivity index (χ1v) is 10.7. The average Bonchev–Trinajstić information content (AvgIpc) is 3.16. The Bertz CT molecular complexity index is 943. The molecule has 1 aliphatic rings. The summed E-state index contributed by atoms with van der Waals surface area (Å²) in [6.07, 6.45) is 2.52. The summed E-state index contributed by atoms with van der Waals surface area (Å²) in [5.74, 6) is -0.363. The van der Waals surface area contributed by atoms with E-state index in [9.17, 15) is 18.0 Å². The van der Waals surface area contributed by atoms with E-state index in [4.69, 9.17) is 4.42 Å². The van der Waals surface area contributed by atoms with Gasteiger partial charge in [0, 0.05) is 13.1 Å². The third-order valence-electron chi connectivity index (χ3n) is 4.84. The molecule has 28 heavy (non-hydrogen) atoms. The maximum absolute atomic E-state index is 13.1. The molecule has 1 unspecified atom stereocenters. The number of nitrogens with one attached hydrogen (secondary N) is 1. The first-order chi connectivity index (χ1) is 13.2. The molecule has 0 radical (unpaired) electrons. The number of nitrogens with zero attached hydrogens (tertiary/aromatic N) is 2. The van der Waals surface area contributed by atoms with Crippen LogP contribution in [0.25, 0.3) is 0 Å². The van der Waals surface area contributed by atoms with Crippen LogP contribution >= 0.6 is 0 Å². The fraction of sp³-hybridized carbons (Fsp3) is 0.368. The monoisotopic (exact) mass is 405 g/mol. The van der Waals surface area contributed by atoms with Gasteiger partial charge < -0.3 is 14.6 Å². The molecule has 1 saturated heterocycles. The number of piperazine rings is 1. The van der Waals surface area contributed by atoms with Crippen molar-refractivity contribution in [1.29, 1.82) is 0 Å². The number of hydrogen-bond donors (Lipinski definition) is 1. The lowest BCUT2D eigenvalue weighted by atomic mass is 9.95. The standard InChI is InChI=1S/C19H23N3O5S/c1-19(18(24)20-11-15-7-4-3-5-8-15)14-21(28(2,25)26)13-17(23)22(19)12-16-9-6-10-27-16/h3-10H,11-14H2,1-2H3,(H,20,24). The second-order valence-corrected chi connectivity index (χ2v) is 9.01. The van der Waals surface area contributed by atoms with E-state index in [1.807, 2.05) is 30.3 Å². The summed E-state index contributed by atoms with van der Waals surface area (Å²) in [6.45, 7) is 1.50. The summed E-state index contributed by atoms with van der Waals surface area (Å²) in [4.78, 5) is 27.2. The highest BCUT2D eigenvalue weighted by molar-refractivity contribution is 7.88. The molecule has 1 aliphatic heterocycles. The topological polar surface area (TPSA) is 99.9 Å². The number of carbonyl (C=O) groups is 2. The number of rotatable bonds is 6. The van der Waals surface area contributed by atoms with Crippen molar-refractivity contribution in [2.45, 2.75) is 25.6 Å². The molecule has 0 saturated carbocycles. The third kappa shape index (κ3) is 4.26. The lowest BCUT2D eigenvalue weighted by Crippen LogP contribution is -2.69. The quantitative estimate of drug-likeness (QED) is 0.772. The summed E-state index contributed by atoms with van der Waals surface area (Å²) in [5, 5.41) is 2.83. The number of benzene rings is 1. The highest BCUT2D eigenvalue weighted by Crippen LogP contribution is 2.27. The van der Waals surface area contributed by atoms with Crippen molar-refractivity contribution in [3.05, 3.63) is 60.1 Å². The number of carbonyl (C=O) groups excluding carboxylic acids is 2. The van der Waals surface area contributed by atoms with Crippen LogP contribution in [0.15, 0.2) is 53.1 Å². The fourth-order valence-electron chi connectivity index (χ4n) is 3.21. The van der Waals surface area contributed by atoms with E-state index in [0.29, 0.717) is 5.76 Å². The molecule has 9 heteroatoms. The molecule has 2 heterocycles. The fourth-order valence-corrected chi connectivity index (χ4v) is 4.05. The largest absolute Gasteiger partial charge is 0.467 e. The van der Waals surface area contributed by atoms with Crippen LogP contribution in [0.3, 0.4) is 0 Å². The van der Waals surface area contributed by atoms with Crippen LogP contribution < -0.4 is 5.32 Å². The summed E-state index contributed by atoms with van der Waals surface area (Å²) in [6, 6.07) is 12.7. The van der Waals surface area contributed by atoms with E-state index < -0.39 is 27.4 Å². The van der Waals surface area contributed by atoms with Crippen LogP contribution in [0.4, 0.5) is 0 Å². The highest BCUT2D eigenvalue weighted by Gasteiger charge is 2.49. The van der Waals surface area contributed by atoms with E-state index in [-0.39, 0.29) is 26.2 Å². The molecule has 1 aromatic carbocycles. The maximum atomic E-state index is 13.1. The van der Waals surface area contributed by atoms with Crippen LogP contribution in [0, 0.1) is 0 Å². The van der Waals surface area contributed by atoms with Crippen LogP contribution in [0.1, 0.15) is 18.2 Å². The third-order valence-corrected chi connectivity index (χ3v) is 6.04. The molecule has 2 amide bonds. The predicted octanol–water partition coefficient (Wildman–Crippen LogP) is 0.959. The van der Waals surface area contributed by atoms with Gasteiger partial charge in [-0.1, -0.05) is 30.3 Å². The van der Waals surface area contributed by atoms with Crippen molar-refractivity contribution in [3.63, 3.8) is 0 Å². The van der Waals surface area contributed by atoms with Crippen molar-refractivity contribution < 1.29 is 22.4 Å². The Hall–Kier alpha value is -2.65. The zero-order chi connectivity index (χ0) is 20.4. The number of amides is 2. The van der Waals surface area contributed by atoms with Gasteiger partial charge in [0.15, 0.2) is 0 Å². The Kier molecular flexibility index (Phi) is 5.57. The zero-order valence-electron chi connectivity index (χ0n) is 15.8. The predicted molar refractivity (Wildman–Crippen MR) is 102 cm³/mol. The van der Waals surface area contributed by atoms with Crippen LogP contribution in [0.2, 0.25) is 0 Å². The minimum Gasteiger partial charge on any atom is -0.467 e. The minimum atomic E-state index is -3.63. The second-order valence-electron chi connectivity index (χ2n) is 7.03. The lowest BCUT2D eigenvalue weighted by molar-refractivity contribution is -0.154. The summed E-state index contributed by atoms with van der Waals surface area (Å²) < 4.78 is 30.5. The van der Waals surface area contributed by atoms with E-state index >= 15 is 0 Å².